The number of fused-ring (bicyclic) bond motifs is 1. The number of rotatable bonds is 3. The van der Waals surface area contributed by atoms with Gasteiger partial charge in [-0.3, -0.25) is 0 Å². The summed E-state index contributed by atoms with van der Waals surface area (Å²) in [5.41, 5.74) is 6.55. The maximum atomic E-state index is 4.17. The van der Waals surface area contributed by atoms with Crippen molar-refractivity contribution in [3.63, 3.8) is 0 Å². The third-order valence-electron chi connectivity index (χ3n) is 3.98. The lowest BCUT2D eigenvalue weighted by molar-refractivity contribution is 0.628. The molecular weight excluding hydrogens is 230 g/mol. The van der Waals surface area contributed by atoms with Gasteiger partial charge in [-0.05, 0) is 42.0 Å². The topological polar surface area (TPSA) is 12.0 Å². The normalized spacial score (nSPS) is 17.0. The van der Waals surface area contributed by atoms with E-state index in [1.807, 2.05) is 6.07 Å². The first kappa shape index (κ1) is 12.0. The van der Waals surface area contributed by atoms with Crippen LogP contribution in [0.4, 0.5) is 0 Å². The second kappa shape index (κ2) is 4.93. The van der Waals surface area contributed by atoms with E-state index in [0.29, 0.717) is 6.04 Å². The summed E-state index contributed by atoms with van der Waals surface area (Å²) in [6.45, 7) is 6.37. The standard InChI is InChI=1S/C18H19N/c1-13-7-6-10-17-16(13)11-12-18(17)19-14(2)15-8-4-3-5-9-15/h3-10,18-19H,2,11-12H2,1H3. The molecule has 0 heterocycles. The maximum Gasteiger partial charge on any atom is 0.0519 e. The summed E-state index contributed by atoms with van der Waals surface area (Å²) in [7, 11) is 0. The second-order valence-electron chi connectivity index (χ2n) is 5.22. The minimum atomic E-state index is 0.405. The van der Waals surface area contributed by atoms with E-state index in [4.69, 9.17) is 0 Å². The zero-order chi connectivity index (χ0) is 13.2. The van der Waals surface area contributed by atoms with Crippen LogP contribution >= 0.6 is 0 Å². The van der Waals surface area contributed by atoms with Gasteiger partial charge in [0.15, 0.2) is 0 Å². The van der Waals surface area contributed by atoms with Gasteiger partial charge in [0, 0.05) is 5.70 Å². The van der Waals surface area contributed by atoms with Crippen LogP contribution in [0.15, 0.2) is 55.1 Å². The molecule has 2 aromatic rings. The van der Waals surface area contributed by atoms with Crippen molar-refractivity contribution in [1.82, 2.24) is 5.32 Å². The first-order valence-electron chi connectivity index (χ1n) is 6.85. The van der Waals surface area contributed by atoms with Crippen molar-refractivity contribution in [2.75, 3.05) is 0 Å². The van der Waals surface area contributed by atoms with Crippen molar-refractivity contribution in [2.45, 2.75) is 25.8 Å². The molecule has 0 aromatic heterocycles. The number of hydrogen-bond donors (Lipinski definition) is 1. The van der Waals surface area contributed by atoms with Gasteiger partial charge in [0.1, 0.15) is 0 Å². The molecule has 1 aliphatic carbocycles. The highest BCUT2D eigenvalue weighted by molar-refractivity contribution is 5.62. The van der Waals surface area contributed by atoms with E-state index in [1.165, 1.54) is 28.7 Å². The third kappa shape index (κ3) is 2.28. The van der Waals surface area contributed by atoms with E-state index in [1.54, 1.807) is 0 Å². The van der Waals surface area contributed by atoms with Gasteiger partial charge in [-0.2, -0.15) is 0 Å². The van der Waals surface area contributed by atoms with Gasteiger partial charge in [0.05, 0.1) is 6.04 Å². The van der Waals surface area contributed by atoms with Crippen LogP contribution in [0, 0.1) is 6.92 Å². The number of nitrogens with one attached hydrogen (secondary N) is 1. The summed E-state index contributed by atoms with van der Waals surface area (Å²) < 4.78 is 0. The Balaban J connectivity index is 1.80. The Hall–Kier alpha value is -2.02. The van der Waals surface area contributed by atoms with Gasteiger partial charge < -0.3 is 5.32 Å². The summed E-state index contributed by atoms with van der Waals surface area (Å²) in [5, 5.41) is 3.58. The van der Waals surface area contributed by atoms with Crippen molar-refractivity contribution in [2.24, 2.45) is 0 Å². The average Bonchev–Trinajstić information content (AvgIpc) is 2.84. The fourth-order valence-corrected chi connectivity index (χ4v) is 2.92. The molecule has 2 aromatic carbocycles. The predicted octanol–water partition coefficient (Wildman–Crippen LogP) is 4.24. The maximum absolute atomic E-state index is 4.17. The fourth-order valence-electron chi connectivity index (χ4n) is 2.92. The smallest absolute Gasteiger partial charge is 0.0519 e. The van der Waals surface area contributed by atoms with E-state index in [2.05, 4.69) is 61.3 Å². The Kier molecular flexibility index (Phi) is 3.12. The molecule has 0 bridgehead atoms. The molecule has 3 rings (SSSR count). The molecule has 0 aliphatic heterocycles. The van der Waals surface area contributed by atoms with E-state index in [0.717, 1.165) is 12.1 Å². The molecule has 1 atom stereocenters. The first-order valence-corrected chi connectivity index (χ1v) is 6.85. The van der Waals surface area contributed by atoms with Crippen molar-refractivity contribution >= 4 is 5.70 Å². The summed E-state index contributed by atoms with van der Waals surface area (Å²) >= 11 is 0. The van der Waals surface area contributed by atoms with Gasteiger partial charge >= 0.3 is 0 Å². The monoisotopic (exact) mass is 249 g/mol. The zero-order valence-electron chi connectivity index (χ0n) is 11.3. The van der Waals surface area contributed by atoms with Crippen LogP contribution in [0.3, 0.4) is 0 Å². The highest BCUT2D eigenvalue weighted by atomic mass is 14.9. The van der Waals surface area contributed by atoms with Crippen LogP contribution < -0.4 is 5.32 Å². The van der Waals surface area contributed by atoms with Crippen LogP contribution in [0.1, 0.15) is 34.7 Å². The minimum absolute atomic E-state index is 0.405. The molecule has 0 fully saturated rings. The summed E-state index contributed by atoms with van der Waals surface area (Å²) in [6, 6.07) is 17.3. The Morgan fingerprint density at radius 3 is 2.68 bits per heavy atom. The first-order chi connectivity index (χ1) is 9.25. The van der Waals surface area contributed by atoms with Crippen molar-refractivity contribution in [3.8, 4) is 0 Å². The molecule has 0 saturated heterocycles. The average molecular weight is 249 g/mol. The van der Waals surface area contributed by atoms with E-state index < -0.39 is 0 Å². The molecule has 1 nitrogen and oxygen atoms in total. The third-order valence-corrected chi connectivity index (χ3v) is 3.98. The van der Waals surface area contributed by atoms with E-state index in [9.17, 15) is 0 Å². The fraction of sp³-hybridized carbons (Fsp3) is 0.222. The number of benzene rings is 2. The molecule has 0 radical (unpaired) electrons. The minimum Gasteiger partial charge on any atom is -0.378 e. The second-order valence-corrected chi connectivity index (χ2v) is 5.22. The highest BCUT2D eigenvalue weighted by Crippen LogP contribution is 2.34. The lowest BCUT2D eigenvalue weighted by Crippen LogP contribution is -2.17. The molecule has 0 amide bonds. The van der Waals surface area contributed by atoms with Crippen molar-refractivity contribution < 1.29 is 0 Å². The molecule has 1 N–H and O–H groups in total. The van der Waals surface area contributed by atoms with Gasteiger partial charge in [0.2, 0.25) is 0 Å². The van der Waals surface area contributed by atoms with Gasteiger partial charge in [-0.1, -0.05) is 55.1 Å². The predicted molar refractivity (Wildman–Crippen MR) is 80.9 cm³/mol. The van der Waals surface area contributed by atoms with Crippen molar-refractivity contribution in [3.05, 3.63) is 77.4 Å². The van der Waals surface area contributed by atoms with Crippen LogP contribution in [0.25, 0.3) is 5.70 Å². The zero-order valence-corrected chi connectivity index (χ0v) is 11.3. The Morgan fingerprint density at radius 2 is 1.89 bits per heavy atom. The Labute approximate surface area is 115 Å². The van der Waals surface area contributed by atoms with Crippen LogP contribution in [-0.2, 0) is 6.42 Å². The molecule has 96 valence electrons. The lowest BCUT2D eigenvalue weighted by atomic mass is 10.0. The summed E-state index contributed by atoms with van der Waals surface area (Å²) in [6.07, 6.45) is 2.33. The Bertz CT molecular complexity index is 598. The number of aryl methyl sites for hydroxylation is 1. The lowest BCUT2D eigenvalue weighted by Gasteiger charge is -2.18. The SMILES string of the molecule is C=C(NC1CCc2c(C)cccc21)c1ccccc1. The molecule has 0 spiro atoms. The molecular formula is C18H19N. The van der Waals surface area contributed by atoms with E-state index >= 15 is 0 Å². The highest BCUT2D eigenvalue weighted by Gasteiger charge is 2.23. The summed E-state index contributed by atoms with van der Waals surface area (Å²) in [4.78, 5) is 0. The van der Waals surface area contributed by atoms with E-state index in [-0.39, 0.29) is 0 Å². The van der Waals surface area contributed by atoms with Crippen molar-refractivity contribution in [1.29, 1.82) is 0 Å². The van der Waals surface area contributed by atoms with Gasteiger partial charge in [0.25, 0.3) is 0 Å². The summed E-state index contributed by atoms with van der Waals surface area (Å²) in [5.74, 6) is 0. The number of hydrogen-bond acceptors (Lipinski definition) is 1. The molecule has 1 heteroatoms. The molecule has 1 unspecified atom stereocenters. The quantitative estimate of drug-likeness (QED) is 0.857. The van der Waals surface area contributed by atoms with Crippen LogP contribution in [0.2, 0.25) is 0 Å². The van der Waals surface area contributed by atoms with Crippen LogP contribution in [-0.4, -0.2) is 0 Å². The van der Waals surface area contributed by atoms with Gasteiger partial charge in [-0.25, -0.2) is 0 Å². The molecule has 0 saturated carbocycles. The van der Waals surface area contributed by atoms with Crippen LogP contribution in [0.5, 0.6) is 0 Å². The van der Waals surface area contributed by atoms with Gasteiger partial charge in [-0.15, -0.1) is 0 Å². The largest absolute Gasteiger partial charge is 0.378 e. The molecule has 19 heavy (non-hydrogen) atoms. The molecule has 1 aliphatic rings. The Morgan fingerprint density at radius 1 is 1.11 bits per heavy atom.